The molecule has 6 aromatic rings. The van der Waals surface area contributed by atoms with Crippen LogP contribution in [-0.2, 0) is 21.9 Å². The zero-order valence-electron chi connectivity index (χ0n) is 26.3. The maximum Gasteiger partial charge on any atom is 0.261 e. The van der Waals surface area contributed by atoms with Gasteiger partial charge in [-0.2, -0.15) is 10.2 Å². The summed E-state index contributed by atoms with van der Waals surface area (Å²) in [7, 11) is 3.50. The summed E-state index contributed by atoms with van der Waals surface area (Å²) < 4.78 is 35.3. The van der Waals surface area contributed by atoms with Gasteiger partial charge in [-0.15, -0.1) is 0 Å². The Kier molecular flexibility index (Phi) is 7.59. The van der Waals surface area contributed by atoms with Crippen molar-refractivity contribution in [3.05, 3.63) is 136 Å². The van der Waals surface area contributed by atoms with Gasteiger partial charge in [-0.05, 0) is 78.8 Å². The molecule has 0 aliphatic carbocycles. The Morgan fingerprint density at radius 1 is 0.729 bits per heavy atom. The lowest BCUT2D eigenvalue weighted by Gasteiger charge is -2.25. The normalized spacial score (nSPS) is 14.7. The summed E-state index contributed by atoms with van der Waals surface area (Å²) in [6.45, 7) is 2.14. The molecule has 9 heteroatoms. The molecule has 0 atom stereocenters. The predicted molar refractivity (Wildman–Crippen MR) is 192 cm³/mol. The van der Waals surface area contributed by atoms with E-state index >= 15 is 0 Å². The van der Waals surface area contributed by atoms with Gasteiger partial charge in [0, 0.05) is 67.3 Å². The molecule has 3 aliphatic rings. The summed E-state index contributed by atoms with van der Waals surface area (Å²) in [6, 6.07) is 33.1. The van der Waals surface area contributed by atoms with Crippen molar-refractivity contribution in [1.82, 2.24) is 4.58 Å². The van der Waals surface area contributed by atoms with Crippen LogP contribution in [0.25, 0.3) is 27.1 Å². The molecule has 3 heterocycles. The van der Waals surface area contributed by atoms with E-state index in [2.05, 4.69) is 38.7 Å². The van der Waals surface area contributed by atoms with Gasteiger partial charge >= 0.3 is 0 Å². The fourth-order valence-corrected chi connectivity index (χ4v) is 8.52. The molecule has 238 valence electrons. The van der Waals surface area contributed by atoms with Gasteiger partial charge in [0.15, 0.2) is 0 Å². The minimum atomic E-state index is -4.04. The average molecular weight is 672 g/mol. The van der Waals surface area contributed by atoms with Gasteiger partial charge in [0.05, 0.1) is 16.3 Å². The second kappa shape index (κ2) is 12.0. The van der Waals surface area contributed by atoms with E-state index in [1.54, 1.807) is 12.1 Å². The van der Waals surface area contributed by atoms with Crippen molar-refractivity contribution in [3.63, 3.8) is 0 Å². The minimum absolute atomic E-state index is 0.0713. The van der Waals surface area contributed by atoms with Gasteiger partial charge < -0.3 is 10.5 Å². The summed E-state index contributed by atoms with van der Waals surface area (Å²) >= 11 is 0. The van der Waals surface area contributed by atoms with Crippen LogP contribution >= 0.6 is 10.7 Å². The third-order valence-electron chi connectivity index (χ3n) is 9.40. The lowest BCUT2D eigenvalue weighted by Crippen LogP contribution is -2.34. The van der Waals surface area contributed by atoms with Gasteiger partial charge in [-0.25, -0.2) is 13.0 Å². The SMILES string of the molecule is CN.O=S(=O)(Cl)c1ccccc1C1=c2ccc3c4c5c(cc3c2Oc2c1ccc1cc(N=Nc3ccccc3)ccc21)CC[N+]=5CCC4. The molecular formula is C39H32ClN4O3S+. The van der Waals surface area contributed by atoms with E-state index in [1.165, 1.54) is 28.9 Å². The fraction of sp³-hybridized carbons (Fsp3) is 0.154. The number of ether oxygens (including phenoxy) is 1. The summed E-state index contributed by atoms with van der Waals surface area (Å²) in [6.07, 6.45) is 3.16. The van der Waals surface area contributed by atoms with Crippen LogP contribution in [0.15, 0.2) is 118 Å². The molecular weight excluding hydrogens is 640 g/mol. The summed E-state index contributed by atoms with van der Waals surface area (Å²) in [5.41, 5.74) is 10.9. The fourth-order valence-electron chi connectivity index (χ4n) is 7.44. The number of rotatable bonds is 4. The summed E-state index contributed by atoms with van der Waals surface area (Å²) in [4.78, 5) is 0.0713. The van der Waals surface area contributed by atoms with Crippen molar-refractivity contribution in [2.45, 2.75) is 24.2 Å². The van der Waals surface area contributed by atoms with Crippen molar-refractivity contribution in [3.8, 4) is 11.5 Å². The predicted octanol–water partition coefficient (Wildman–Crippen LogP) is 7.26. The molecule has 6 aromatic carbocycles. The lowest BCUT2D eigenvalue weighted by molar-refractivity contribution is 0.483. The van der Waals surface area contributed by atoms with Crippen LogP contribution in [0.1, 0.15) is 28.7 Å². The zero-order valence-corrected chi connectivity index (χ0v) is 27.9. The summed E-state index contributed by atoms with van der Waals surface area (Å²) in [5.74, 6) is 1.42. The Morgan fingerprint density at radius 3 is 2.33 bits per heavy atom. The molecule has 0 saturated carbocycles. The molecule has 2 N–H and O–H groups in total. The number of nitrogens with two attached hydrogens (primary N) is 1. The Labute approximate surface area is 282 Å². The van der Waals surface area contributed by atoms with Crippen molar-refractivity contribution >= 4 is 58.2 Å². The molecule has 48 heavy (non-hydrogen) atoms. The number of halogens is 1. The molecule has 0 amide bonds. The van der Waals surface area contributed by atoms with Gasteiger partial charge in [0.2, 0.25) is 5.36 Å². The Morgan fingerprint density at radius 2 is 1.50 bits per heavy atom. The molecule has 0 spiro atoms. The smallest absolute Gasteiger partial charge is 0.261 e. The molecule has 9 rings (SSSR count). The lowest BCUT2D eigenvalue weighted by atomic mass is 9.88. The average Bonchev–Trinajstić information content (AvgIpc) is 3.54. The molecule has 7 nitrogen and oxygen atoms in total. The highest BCUT2D eigenvalue weighted by Gasteiger charge is 2.31. The van der Waals surface area contributed by atoms with E-state index < -0.39 is 9.05 Å². The highest BCUT2D eigenvalue weighted by Crippen LogP contribution is 2.45. The number of azo groups is 1. The summed E-state index contributed by atoms with van der Waals surface area (Å²) in [5, 5.41) is 15.2. The van der Waals surface area contributed by atoms with Crippen LogP contribution in [0, 0.1) is 0 Å². The first kappa shape index (κ1) is 30.4. The van der Waals surface area contributed by atoms with Gasteiger partial charge in [0.1, 0.15) is 24.6 Å². The van der Waals surface area contributed by atoms with Crippen LogP contribution in [0.5, 0.6) is 11.5 Å². The van der Waals surface area contributed by atoms with Crippen LogP contribution in [0.2, 0.25) is 0 Å². The van der Waals surface area contributed by atoms with Crippen LogP contribution < -0.4 is 25.6 Å². The van der Waals surface area contributed by atoms with Crippen LogP contribution in [0.3, 0.4) is 0 Å². The Balaban J connectivity index is 0.00000165. The maximum absolute atomic E-state index is 12.9. The Hall–Kier alpha value is -4.89. The number of hydrogen-bond donors (Lipinski definition) is 1. The van der Waals surface area contributed by atoms with E-state index in [0.29, 0.717) is 11.3 Å². The van der Waals surface area contributed by atoms with Crippen molar-refractivity contribution in [2.24, 2.45) is 16.0 Å². The first-order chi connectivity index (χ1) is 23.4. The zero-order chi connectivity index (χ0) is 33.0. The second-order valence-electron chi connectivity index (χ2n) is 12.0. The Bertz CT molecular complexity index is 2570. The van der Waals surface area contributed by atoms with Gasteiger partial charge in [-0.1, -0.05) is 48.5 Å². The number of fused-ring (bicyclic) bond motifs is 7. The number of nitrogens with zero attached hydrogens (tertiary/aromatic N) is 3. The monoisotopic (exact) mass is 671 g/mol. The highest BCUT2D eigenvalue weighted by molar-refractivity contribution is 8.13. The number of aryl methyl sites for hydroxylation is 1. The van der Waals surface area contributed by atoms with E-state index in [-0.39, 0.29) is 4.90 Å². The van der Waals surface area contributed by atoms with Crippen LogP contribution in [0.4, 0.5) is 11.4 Å². The largest absolute Gasteiger partial charge is 0.455 e. The first-order valence-electron chi connectivity index (χ1n) is 16.0. The third-order valence-corrected chi connectivity index (χ3v) is 10.8. The van der Waals surface area contributed by atoms with Crippen molar-refractivity contribution < 1.29 is 13.2 Å². The molecule has 0 aromatic heterocycles. The minimum Gasteiger partial charge on any atom is -0.455 e. The first-order valence-corrected chi connectivity index (χ1v) is 18.3. The van der Waals surface area contributed by atoms with Crippen molar-refractivity contribution in [2.75, 3.05) is 20.1 Å². The maximum atomic E-state index is 12.9. The van der Waals surface area contributed by atoms with E-state index in [9.17, 15) is 8.42 Å². The number of benzene rings is 6. The quantitative estimate of drug-likeness (QED) is 0.121. The topological polar surface area (TPSA) is 97.1 Å². The molecule has 0 saturated heterocycles. The third kappa shape index (κ3) is 4.99. The molecule has 0 bridgehead atoms. The standard InChI is InChI=1S/C38H27ClN3O3S.CH5N/c39-46(43,44)34-11-5-4-9-30(34)35-31-14-12-23-21-26(41-40-25-7-2-1-3-8-25)13-15-27(23)37(31)45-38-32(35)17-16-28-29-10-6-19-42-20-18-24(36(29)42)22-33(28)38;1-2/h1-5,7-9,11-17,21-22H,6,10,18-20H2;2H2,1H3/q+1;. The molecule has 0 radical (unpaired) electrons. The molecule has 0 fully saturated rings. The van der Waals surface area contributed by atoms with E-state index in [1.807, 2.05) is 72.8 Å². The van der Waals surface area contributed by atoms with E-state index in [4.69, 9.17) is 15.4 Å². The molecule has 0 unspecified atom stereocenters. The van der Waals surface area contributed by atoms with Gasteiger partial charge in [-0.3, -0.25) is 0 Å². The van der Waals surface area contributed by atoms with Crippen LogP contribution in [-0.4, -0.2) is 28.6 Å². The highest BCUT2D eigenvalue weighted by atomic mass is 35.7. The number of hydrogen-bond acceptors (Lipinski definition) is 6. The second-order valence-corrected chi connectivity index (χ2v) is 14.6. The van der Waals surface area contributed by atoms with Gasteiger partial charge in [0.25, 0.3) is 9.05 Å². The van der Waals surface area contributed by atoms with E-state index in [0.717, 1.165) is 82.0 Å². The molecule has 3 aliphatic heterocycles. The van der Waals surface area contributed by atoms with Crippen molar-refractivity contribution in [1.29, 1.82) is 0 Å².